The van der Waals surface area contributed by atoms with E-state index < -0.39 is 11.5 Å². The van der Waals surface area contributed by atoms with Crippen LogP contribution in [0.4, 0.5) is 17.3 Å². The highest BCUT2D eigenvalue weighted by Gasteiger charge is 2.52. The van der Waals surface area contributed by atoms with Crippen molar-refractivity contribution in [1.29, 1.82) is 0 Å². The predicted octanol–water partition coefficient (Wildman–Crippen LogP) is 11.8. The number of hydrogen-bond donors (Lipinski definition) is 2. The van der Waals surface area contributed by atoms with Gasteiger partial charge in [-0.15, -0.1) is 0 Å². The lowest BCUT2D eigenvalue weighted by Gasteiger charge is -2.48. The van der Waals surface area contributed by atoms with Gasteiger partial charge in [-0.2, -0.15) is 9.61 Å². The summed E-state index contributed by atoms with van der Waals surface area (Å²) in [5, 5.41) is 8.49. The second-order valence-electron chi connectivity index (χ2n) is 17.4. The molecule has 5 rings (SSSR count). The van der Waals surface area contributed by atoms with Gasteiger partial charge in [0.05, 0.1) is 5.69 Å². The highest BCUT2D eigenvalue weighted by Crippen LogP contribution is 2.52. The highest BCUT2D eigenvalue weighted by molar-refractivity contribution is 6.01. The van der Waals surface area contributed by atoms with Gasteiger partial charge in [0, 0.05) is 45.4 Å². The van der Waals surface area contributed by atoms with Crippen LogP contribution in [0.3, 0.4) is 0 Å². The molecule has 1 fully saturated rings. The Hall–Kier alpha value is -4.25. The zero-order valence-corrected chi connectivity index (χ0v) is 37.6. The molecule has 0 radical (unpaired) electrons. The molecule has 1 saturated carbocycles. The molecule has 0 spiro atoms. The lowest BCUT2D eigenvalue weighted by Crippen LogP contribution is -2.47. The quantitative estimate of drug-likeness (QED) is 0.0479. The maximum absolute atomic E-state index is 13.8. The van der Waals surface area contributed by atoms with Gasteiger partial charge in [0.15, 0.2) is 5.65 Å². The molecule has 330 valence electrons. The minimum absolute atomic E-state index is 0.232. The number of pyridine rings is 2. The van der Waals surface area contributed by atoms with Crippen LogP contribution in [-0.4, -0.2) is 50.8 Å². The van der Waals surface area contributed by atoms with Gasteiger partial charge in [-0.05, 0) is 55.9 Å². The first-order valence-corrected chi connectivity index (χ1v) is 23.7. The van der Waals surface area contributed by atoms with Gasteiger partial charge in [0.1, 0.15) is 34.2 Å². The molecule has 4 heterocycles. The van der Waals surface area contributed by atoms with Crippen LogP contribution < -0.4 is 21.5 Å². The van der Waals surface area contributed by atoms with E-state index >= 15 is 0 Å². The van der Waals surface area contributed by atoms with Crippen molar-refractivity contribution >= 4 is 28.9 Å². The molecule has 0 bridgehead atoms. The molecule has 3 N–H and O–H groups in total. The Morgan fingerprint density at radius 3 is 1.95 bits per heavy atom. The number of carbonyl (C=O) groups excluding carboxylic acids is 1. The van der Waals surface area contributed by atoms with Crippen LogP contribution in [-0.2, 0) is 10.3 Å². The second-order valence-corrected chi connectivity index (χ2v) is 17.4. The van der Waals surface area contributed by atoms with Crippen molar-refractivity contribution in [2.45, 2.75) is 180 Å². The van der Waals surface area contributed by atoms with Gasteiger partial charge in [-0.25, -0.2) is 4.98 Å². The number of carbonyl (C=O) groups is 1. The third kappa shape index (κ3) is 12.6. The molecule has 0 saturated heterocycles. The summed E-state index contributed by atoms with van der Waals surface area (Å²) >= 11 is 0. The number of aromatic nitrogens is 5. The second kappa shape index (κ2) is 24.9. The number of primary amides is 1. The van der Waals surface area contributed by atoms with E-state index in [0.717, 1.165) is 50.9 Å². The van der Waals surface area contributed by atoms with Crippen molar-refractivity contribution in [1.82, 2.24) is 24.1 Å². The molecule has 4 aromatic rings. The smallest absolute Gasteiger partial charge is 0.278 e. The van der Waals surface area contributed by atoms with E-state index in [4.69, 9.17) is 20.6 Å². The SMILES string of the molecule is CCCCCCCCCCCCC[C@@H]1CC[C@]1(OC)c1nn2c(N(C)CCCCCCCCCCCCC)cc(Nc3cccn(-c4ccncc4)c3=O)nc2c1C(N)=O. The van der Waals surface area contributed by atoms with E-state index in [1.165, 1.54) is 122 Å². The number of unbranched alkanes of at least 4 members (excludes halogenated alkanes) is 20. The third-order valence-electron chi connectivity index (χ3n) is 12.9. The Labute approximate surface area is 360 Å². The molecular formula is C49H76N8O3. The molecule has 11 heteroatoms. The zero-order valence-electron chi connectivity index (χ0n) is 37.6. The first-order chi connectivity index (χ1) is 29.3. The van der Waals surface area contributed by atoms with Gasteiger partial charge in [0.25, 0.3) is 11.5 Å². The fraction of sp³-hybridized carbons (Fsp3) is 0.653. The minimum atomic E-state index is -0.715. The summed E-state index contributed by atoms with van der Waals surface area (Å²) in [6.07, 6.45) is 36.2. The van der Waals surface area contributed by atoms with Gasteiger partial charge in [-0.1, -0.05) is 149 Å². The molecule has 11 nitrogen and oxygen atoms in total. The molecule has 2 atom stereocenters. The highest BCUT2D eigenvalue weighted by atomic mass is 16.5. The van der Waals surface area contributed by atoms with Crippen LogP contribution in [0.15, 0.2) is 53.7 Å². The number of nitrogens with one attached hydrogen (secondary N) is 1. The molecule has 1 aliphatic rings. The van der Waals surface area contributed by atoms with Gasteiger partial charge in [-0.3, -0.25) is 19.1 Å². The number of nitrogens with two attached hydrogens (primary N) is 1. The number of anilines is 3. The molecule has 0 unspecified atom stereocenters. The van der Waals surface area contributed by atoms with Gasteiger partial charge < -0.3 is 20.7 Å². The average molecular weight is 825 g/mol. The summed E-state index contributed by atoms with van der Waals surface area (Å²) in [5.41, 5.74) is 7.59. The van der Waals surface area contributed by atoms with Crippen molar-refractivity contribution in [3.05, 3.63) is 70.5 Å². The van der Waals surface area contributed by atoms with Crippen molar-refractivity contribution in [2.75, 3.05) is 30.9 Å². The Morgan fingerprint density at radius 2 is 1.42 bits per heavy atom. The Bertz CT molecular complexity index is 1920. The first-order valence-electron chi connectivity index (χ1n) is 23.7. The van der Waals surface area contributed by atoms with Crippen LogP contribution in [0.5, 0.6) is 0 Å². The zero-order chi connectivity index (χ0) is 42.6. The van der Waals surface area contributed by atoms with Crippen molar-refractivity contribution in [3.8, 4) is 5.69 Å². The fourth-order valence-electron chi connectivity index (χ4n) is 9.14. The van der Waals surface area contributed by atoms with Crippen molar-refractivity contribution < 1.29 is 9.53 Å². The lowest BCUT2D eigenvalue weighted by atomic mass is 9.64. The predicted molar refractivity (Wildman–Crippen MR) is 247 cm³/mol. The largest absolute Gasteiger partial charge is 0.372 e. The molecule has 60 heavy (non-hydrogen) atoms. The maximum atomic E-state index is 13.8. The lowest BCUT2D eigenvalue weighted by molar-refractivity contribution is -0.138. The number of ether oxygens (including phenoxy) is 1. The molecule has 0 aromatic carbocycles. The van der Waals surface area contributed by atoms with Crippen LogP contribution in [0, 0.1) is 5.92 Å². The maximum Gasteiger partial charge on any atom is 0.278 e. The van der Waals surface area contributed by atoms with Crippen LogP contribution >= 0.6 is 0 Å². The average Bonchev–Trinajstić information content (AvgIpc) is 3.63. The topological polar surface area (TPSA) is 133 Å². The standard InChI is InChI=1S/C49H76N8O3/c1-5-7-9-11-13-15-17-19-21-23-25-28-39-30-33-49(39,60-4)45-44(46(50)58)47-53-42(52-41-29-27-37-56(48(41)59)40-31-34-51-35-32-40)38-43(57(47)54-45)55(3)36-26-24-22-20-18-16-14-12-10-8-6-2/h27,29,31-32,34-35,37-39H,5-26,28,30,33,36H2,1-4H3,(H2,50,58)(H,52,53)/t39-,49-/m1/s1. The molecule has 1 amide bonds. The first kappa shape index (κ1) is 46.8. The Balaban J connectivity index is 1.34. The summed E-state index contributed by atoms with van der Waals surface area (Å²) in [6, 6.07) is 9.06. The van der Waals surface area contributed by atoms with E-state index in [0.29, 0.717) is 28.5 Å². The van der Waals surface area contributed by atoms with Crippen LogP contribution in [0.2, 0.25) is 0 Å². The van der Waals surface area contributed by atoms with Gasteiger partial charge in [0.2, 0.25) is 0 Å². The van der Waals surface area contributed by atoms with E-state index in [1.807, 2.05) is 12.1 Å². The monoisotopic (exact) mass is 825 g/mol. The van der Waals surface area contributed by atoms with Crippen molar-refractivity contribution in [3.63, 3.8) is 0 Å². The van der Waals surface area contributed by atoms with Crippen LogP contribution in [0.25, 0.3) is 11.3 Å². The number of fused-ring (bicyclic) bond motifs is 1. The van der Waals surface area contributed by atoms with E-state index in [1.54, 1.807) is 53.0 Å². The molecule has 0 aliphatic heterocycles. The minimum Gasteiger partial charge on any atom is -0.372 e. The van der Waals surface area contributed by atoms with E-state index in [2.05, 4.69) is 36.1 Å². The summed E-state index contributed by atoms with van der Waals surface area (Å²) in [7, 11) is 3.80. The Morgan fingerprint density at radius 1 is 0.850 bits per heavy atom. The molecule has 1 aliphatic carbocycles. The summed E-state index contributed by atoms with van der Waals surface area (Å²) in [5.74, 6) is 0.843. The summed E-state index contributed by atoms with van der Waals surface area (Å²) in [4.78, 5) is 38.6. The molecule has 4 aromatic heterocycles. The summed E-state index contributed by atoms with van der Waals surface area (Å²) < 4.78 is 9.74. The van der Waals surface area contributed by atoms with E-state index in [9.17, 15) is 9.59 Å². The molecular weight excluding hydrogens is 749 g/mol. The number of rotatable bonds is 31. The summed E-state index contributed by atoms with van der Waals surface area (Å²) in [6.45, 7) is 5.34. The van der Waals surface area contributed by atoms with Crippen molar-refractivity contribution in [2.24, 2.45) is 11.7 Å². The number of methoxy groups -OCH3 is 1. The normalized spacial score (nSPS) is 16.3. The van der Waals surface area contributed by atoms with Gasteiger partial charge >= 0.3 is 0 Å². The number of nitrogens with zero attached hydrogens (tertiary/aromatic N) is 6. The van der Waals surface area contributed by atoms with E-state index in [-0.39, 0.29) is 17.0 Å². The number of hydrogen-bond acceptors (Lipinski definition) is 8. The Kier molecular flexibility index (Phi) is 19.4. The fourth-order valence-corrected chi connectivity index (χ4v) is 9.14. The number of amides is 1. The third-order valence-corrected chi connectivity index (χ3v) is 12.9. The van der Waals surface area contributed by atoms with Crippen LogP contribution in [0.1, 0.15) is 190 Å².